The predicted molar refractivity (Wildman–Crippen MR) is 84.3 cm³/mol. The Balaban J connectivity index is 2.35. The van der Waals surface area contributed by atoms with E-state index in [2.05, 4.69) is 0 Å². The van der Waals surface area contributed by atoms with E-state index >= 15 is 0 Å². The highest BCUT2D eigenvalue weighted by atomic mass is 16.6. The summed E-state index contributed by atoms with van der Waals surface area (Å²) >= 11 is 0. The number of benzene rings is 2. The third-order valence-corrected chi connectivity index (χ3v) is 3.35. The molecule has 0 aliphatic heterocycles. The Kier molecular flexibility index (Phi) is 5.49. The Hall–Kier alpha value is -2.66. The Bertz CT molecular complexity index is 681. The quantitative estimate of drug-likeness (QED) is 0.655. The zero-order valence-corrected chi connectivity index (χ0v) is 12.9. The number of hydrogen-bond donors (Lipinski definition) is 1. The van der Waals surface area contributed by atoms with Gasteiger partial charge in [-0.25, -0.2) is 0 Å². The van der Waals surface area contributed by atoms with Crippen molar-refractivity contribution in [1.29, 1.82) is 0 Å². The molecule has 0 aliphatic carbocycles. The fourth-order valence-corrected chi connectivity index (χ4v) is 2.28. The first kappa shape index (κ1) is 16.7. The summed E-state index contributed by atoms with van der Waals surface area (Å²) in [5.74, 6) is -0.797. The summed E-state index contributed by atoms with van der Waals surface area (Å²) in [6.07, 6.45) is -2.61. The highest BCUT2D eigenvalue weighted by Gasteiger charge is 2.32. The van der Waals surface area contributed by atoms with Crippen LogP contribution in [0.2, 0.25) is 0 Å². The van der Waals surface area contributed by atoms with Crippen molar-refractivity contribution in [2.75, 3.05) is 7.11 Å². The minimum Gasteiger partial charge on any atom is -0.496 e. The largest absolute Gasteiger partial charge is 0.496 e. The summed E-state index contributed by atoms with van der Waals surface area (Å²) in [6.45, 7) is 1.23. The summed E-state index contributed by atoms with van der Waals surface area (Å²) in [7, 11) is 1.44. The van der Waals surface area contributed by atoms with Crippen LogP contribution in [0.5, 0.6) is 5.75 Å². The van der Waals surface area contributed by atoms with E-state index in [0.29, 0.717) is 11.3 Å². The number of esters is 1. The van der Waals surface area contributed by atoms with Crippen molar-refractivity contribution >= 4 is 11.8 Å². The fourth-order valence-electron chi connectivity index (χ4n) is 2.28. The molecule has 0 heterocycles. The van der Waals surface area contributed by atoms with Gasteiger partial charge in [-0.2, -0.15) is 0 Å². The van der Waals surface area contributed by atoms with Gasteiger partial charge in [-0.05, 0) is 17.7 Å². The molecule has 0 fully saturated rings. The maximum absolute atomic E-state index is 12.6. The van der Waals surface area contributed by atoms with E-state index < -0.39 is 24.0 Å². The molecule has 0 saturated heterocycles. The number of carbonyl (C=O) groups excluding carboxylic acids is 2. The topological polar surface area (TPSA) is 72.8 Å². The summed E-state index contributed by atoms with van der Waals surface area (Å²) in [5, 5.41) is 10.5. The van der Waals surface area contributed by atoms with E-state index in [1.165, 1.54) is 14.0 Å². The number of ketones is 1. The van der Waals surface area contributed by atoms with E-state index in [-0.39, 0.29) is 5.56 Å². The summed E-state index contributed by atoms with van der Waals surface area (Å²) < 4.78 is 10.3. The Morgan fingerprint density at radius 1 is 1.00 bits per heavy atom. The van der Waals surface area contributed by atoms with Gasteiger partial charge >= 0.3 is 5.97 Å². The van der Waals surface area contributed by atoms with Gasteiger partial charge in [0.1, 0.15) is 5.75 Å². The van der Waals surface area contributed by atoms with Crippen LogP contribution in [0.1, 0.15) is 28.9 Å². The smallest absolute Gasteiger partial charge is 0.303 e. The molecule has 2 aromatic carbocycles. The number of hydrogen-bond acceptors (Lipinski definition) is 5. The van der Waals surface area contributed by atoms with Crippen LogP contribution >= 0.6 is 0 Å². The van der Waals surface area contributed by atoms with Crippen LogP contribution in [0.25, 0.3) is 0 Å². The molecular formula is C18H18O5. The van der Waals surface area contributed by atoms with Gasteiger partial charge in [0.15, 0.2) is 18.0 Å². The molecule has 0 saturated carbocycles. The highest BCUT2D eigenvalue weighted by molar-refractivity contribution is 6.02. The third-order valence-electron chi connectivity index (χ3n) is 3.35. The summed E-state index contributed by atoms with van der Waals surface area (Å²) in [6, 6.07) is 15.2. The number of aliphatic hydroxyl groups excluding tert-OH is 1. The van der Waals surface area contributed by atoms with Gasteiger partial charge in [-0.1, -0.05) is 42.5 Å². The zero-order chi connectivity index (χ0) is 16.8. The van der Waals surface area contributed by atoms with Crippen molar-refractivity contribution in [2.45, 2.75) is 19.1 Å². The lowest BCUT2D eigenvalue weighted by molar-refractivity contribution is -0.151. The number of methoxy groups -OCH3 is 1. The Morgan fingerprint density at radius 2 is 1.61 bits per heavy atom. The van der Waals surface area contributed by atoms with E-state index in [0.717, 1.165) is 0 Å². The van der Waals surface area contributed by atoms with Crippen LogP contribution in [0.4, 0.5) is 0 Å². The lowest BCUT2D eigenvalue weighted by atomic mass is 9.96. The second kappa shape index (κ2) is 7.56. The molecule has 0 aliphatic rings. The number of aliphatic hydroxyl groups is 1. The average molecular weight is 314 g/mol. The number of ether oxygens (including phenoxy) is 2. The minimum atomic E-state index is -1.53. The standard InChI is InChI=1S/C18H18O5/c1-12(19)23-18(13-8-4-3-5-9-13)17(21)16(20)14-10-6-7-11-15(14)22-2/h3-11,17-18,21H,1-2H3/t17-,18-/m0/s1. The van der Waals surface area contributed by atoms with Gasteiger partial charge in [0.25, 0.3) is 0 Å². The lowest BCUT2D eigenvalue weighted by Crippen LogP contribution is -2.31. The molecule has 5 heteroatoms. The minimum absolute atomic E-state index is 0.232. The monoisotopic (exact) mass is 314 g/mol. The maximum Gasteiger partial charge on any atom is 0.303 e. The molecule has 0 aromatic heterocycles. The molecule has 0 radical (unpaired) electrons. The Morgan fingerprint density at radius 3 is 2.22 bits per heavy atom. The normalized spacial score (nSPS) is 13.0. The molecule has 5 nitrogen and oxygen atoms in total. The second-order valence-electron chi connectivity index (χ2n) is 4.95. The number of rotatable bonds is 6. The van der Waals surface area contributed by atoms with Crippen LogP contribution < -0.4 is 4.74 Å². The van der Waals surface area contributed by atoms with Gasteiger partial charge in [0.2, 0.25) is 0 Å². The first-order chi connectivity index (χ1) is 11.0. The van der Waals surface area contributed by atoms with Crippen LogP contribution in [-0.4, -0.2) is 30.1 Å². The molecule has 0 spiro atoms. The molecule has 23 heavy (non-hydrogen) atoms. The molecule has 2 rings (SSSR count). The first-order valence-electron chi connectivity index (χ1n) is 7.12. The molecule has 1 N–H and O–H groups in total. The number of Topliss-reactive ketones (excluding diaryl/α,β-unsaturated/α-hetero) is 1. The van der Waals surface area contributed by atoms with E-state index in [4.69, 9.17) is 9.47 Å². The predicted octanol–water partition coefficient (Wildman–Crippen LogP) is 2.54. The van der Waals surface area contributed by atoms with Crippen LogP contribution in [0.3, 0.4) is 0 Å². The van der Waals surface area contributed by atoms with Crippen molar-refractivity contribution in [1.82, 2.24) is 0 Å². The average Bonchev–Trinajstić information content (AvgIpc) is 2.59. The summed E-state index contributed by atoms with van der Waals surface area (Å²) in [5.41, 5.74) is 0.772. The van der Waals surface area contributed by atoms with Crippen molar-refractivity contribution in [3.8, 4) is 5.75 Å². The van der Waals surface area contributed by atoms with Gasteiger partial charge in [0, 0.05) is 6.92 Å². The fraction of sp³-hybridized carbons (Fsp3) is 0.222. The van der Waals surface area contributed by atoms with Gasteiger partial charge < -0.3 is 14.6 Å². The van der Waals surface area contributed by atoms with Crippen molar-refractivity contribution in [3.05, 3.63) is 65.7 Å². The van der Waals surface area contributed by atoms with Gasteiger partial charge in [-0.15, -0.1) is 0 Å². The lowest BCUT2D eigenvalue weighted by Gasteiger charge is -2.22. The SMILES string of the molecule is COc1ccccc1C(=O)[C@H](O)[C@@H](OC(C)=O)c1ccccc1. The van der Waals surface area contributed by atoms with E-state index in [1.807, 2.05) is 0 Å². The van der Waals surface area contributed by atoms with Gasteiger partial charge in [-0.3, -0.25) is 9.59 Å². The van der Waals surface area contributed by atoms with Crippen molar-refractivity contribution in [3.63, 3.8) is 0 Å². The van der Waals surface area contributed by atoms with Crippen LogP contribution in [0, 0.1) is 0 Å². The molecule has 120 valence electrons. The molecule has 0 unspecified atom stereocenters. The summed E-state index contributed by atoms with van der Waals surface area (Å²) in [4.78, 5) is 23.9. The molecular weight excluding hydrogens is 296 g/mol. The number of carbonyl (C=O) groups is 2. The molecule has 2 aromatic rings. The maximum atomic E-state index is 12.6. The Labute approximate surface area is 134 Å². The first-order valence-corrected chi connectivity index (χ1v) is 7.12. The van der Waals surface area contributed by atoms with Crippen LogP contribution in [0.15, 0.2) is 54.6 Å². The van der Waals surface area contributed by atoms with Crippen molar-refractivity contribution in [2.24, 2.45) is 0 Å². The zero-order valence-electron chi connectivity index (χ0n) is 12.9. The number of para-hydroxylation sites is 1. The van der Waals surface area contributed by atoms with Crippen molar-refractivity contribution < 1.29 is 24.2 Å². The second-order valence-corrected chi connectivity index (χ2v) is 4.95. The molecule has 0 bridgehead atoms. The molecule has 0 amide bonds. The molecule has 2 atom stereocenters. The van der Waals surface area contributed by atoms with E-state index in [1.54, 1.807) is 54.6 Å². The van der Waals surface area contributed by atoms with E-state index in [9.17, 15) is 14.7 Å². The highest BCUT2D eigenvalue weighted by Crippen LogP contribution is 2.27. The van der Waals surface area contributed by atoms with Crippen LogP contribution in [-0.2, 0) is 9.53 Å². The third kappa shape index (κ3) is 3.96. The van der Waals surface area contributed by atoms with Gasteiger partial charge in [0.05, 0.1) is 12.7 Å².